The lowest BCUT2D eigenvalue weighted by atomic mass is 9.97. The first kappa shape index (κ1) is 15.9. The van der Waals surface area contributed by atoms with Gasteiger partial charge in [-0.2, -0.15) is 0 Å². The van der Waals surface area contributed by atoms with Crippen LogP contribution in [0.25, 0.3) is 11.0 Å². The summed E-state index contributed by atoms with van der Waals surface area (Å²) in [5.41, 5.74) is 7.81. The lowest BCUT2D eigenvalue weighted by Gasteiger charge is -2.18. The maximum Gasteiger partial charge on any atom is 0.323 e. The molecule has 0 spiro atoms. The number of carbonyl (C=O) groups is 1. The van der Waals surface area contributed by atoms with Gasteiger partial charge in [-0.1, -0.05) is 24.2 Å². The van der Waals surface area contributed by atoms with E-state index in [2.05, 4.69) is 23.0 Å². The molecule has 6 heteroatoms. The number of nitrogens with one attached hydrogen (secondary N) is 1. The molecule has 0 radical (unpaired) electrons. The van der Waals surface area contributed by atoms with Gasteiger partial charge in [0.25, 0.3) is 0 Å². The zero-order valence-corrected chi connectivity index (χ0v) is 13.2. The molecule has 0 aliphatic carbocycles. The van der Waals surface area contributed by atoms with E-state index < -0.39 is 11.5 Å². The Labute approximate surface area is 128 Å². The minimum absolute atomic E-state index is 0.488. The molecule has 114 valence electrons. The molecule has 0 fully saturated rings. The molecule has 1 aromatic carbocycles. The van der Waals surface area contributed by atoms with Crippen LogP contribution in [0, 0.1) is 6.92 Å². The fourth-order valence-electron chi connectivity index (χ4n) is 2.04. The summed E-state index contributed by atoms with van der Waals surface area (Å²) in [5.74, 6) is -0.0445. The molecular weight excluding hydrogens is 286 g/mol. The highest BCUT2D eigenvalue weighted by Crippen LogP contribution is 2.22. The molecule has 2 rings (SSSR count). The second-order valence-corrected chi connectivity index (χ2v) is 6.67. The van der Waals surface area contributed by atoms with Gasteiger partial charge in [-0.25, -0.2) is 4.98 Å². The van der Waals surface area contributed by atoms with Gasteiger partial charge < -0.3 is 15.8 Å². The number of rotatable bonds is 7. The smallest absolute Gasteiger partial charge is 0.323 e. The molecule has 0 bridgehead atoms. The number of unbranched alkanes of at least 4 members (excludes halogenated alkanes) is 1. The number of carboxylic acids is 1. The van der Waals surface area contributed by atoms with Crippen molar-refractivity contribution in [3.63, 3.8) is 0 Å². The molecule has 0 amide bonds. The molecule has 0 aliphatic rings. The maximum atomic E-state index is 10.9. The summed E-state index contributed by atoms with van der Waals surface area (Å²) < 4.78 is 0. The van der Waals surface area contributed by atoms with Crippen molar-refractivity contribution in [3.05, 3.63) is 23.8 Å². The number of carboxylic acid groups (broad SMARTS) is 1. The van der Waals surface area contributed by atoms with Gasteiger partial charge in [-0.3, -0.25) is 4.79 Å². The molecule has 1 atom stereocenters. The molecule has 2 aromatic rings. The first-order chi connectivity index (χ1) is 9.88. The third kappa shape index (κ3) is 4.22. The minimum Gasteiger partial charge on any atom is -0.480 e. The van der Waals surface area contributed by atoms with Gasteiger partial charge >= 0.3 is 5.97 Å². The van der Waals surface area contributed by atoms with Gasteiger partial charge in [0.2, 0.25) is 0 Å². The average molecular weight is 307 g/mol. The summed E-state index contributed by atoms with van der Waals surface area (Å²) >= 11 is 1.66. The number of benzene rings is 1. The van der Waals surface area contributed by atoms with Crippen molar-refractivity contribution in [3.8, 4) is 0 Å². The lowest BCUT2D eigenvalue weighted by Crippen LogP contribution is -2.44. The van der Waals surface area contributed by atoms with Crippen molar-refractivity contribution < 1.29 is 9.90 Å². The number of aromatic nitrogens is 2. The third-order valence-electron chi connectivity index (χ3n) is 3.43. The van der Waals surface area contributed by atoms with Crippen LogP contribution in [0.5, 0.6) is 0 Å². The second kappa shape index (κ2) is 6.49. The molecule has 21 heavy (non-hydrogen) atoms. The minimum atomic E-state index is -1.12. The SMILES string of the molecule is Cc1ccc2nc(SCCCCC(C)(N)C(=O)O)[nH]c2c1. The van der Waals surface area contributed by atoms with Crippen LogP contribution in [0.3, 0.4) is 0 Å². The number of hydrogen-bond acceptors (Lipinski definition) is 4. The van der Waals surface area contributed by atoms with Crippen molar-refractivity contribution >= 4 is 28.8 Å². The molecule has 5 nitrogen and oxygen atoms in total. The first-order valence-electron chi connectivity index (χ1n) is 7.00. The van der Waals surface area contributed by atoms with Crippen LogP contribution in [-0.2, 0) is 4.79 Å². The van der Waals surface area contributed by atoms with Crippen LogP contribution in [0.15, 0.2) is 23.4 Å². The molecule has 0 aliphatic heterocycles. The summed E-state index contributed by atoms with van der Waals surface area (Å²) in [4.78, 5) is 18.7. The number of aromatic amines is 1. The summed E-state index contributed by atoms with van der Waals surface area (Å²) in [5, 5.41) is 9.84. The van der Waals surface area contributed by atoms with Crippen LogP contribution in [0.4, 0.5) is 0 Å². The fourth-order valence-corrected chi connectivity index (χ4v) is 2.93. The Morgan fingerprint density at radius 2 is 2.24 bits per heavy atom. The van der Waals surface area contributed by atoms with Crippen LogP contribution in [0.1, 0.15) is 31.7 Å². The highest BCUT2D eigenvalue weighted by molar-refractivity contribution is 7.99. The Morgan fingerprint density at radius 3 is 2.95 bits per heavy atom. The van der Waals surface area contributed by atoms with Gasteiger partial charge in [-0.05, 0) is 44.4 Å². The summed E-state index contributed by atoms with van der Waals surface area (Å²) in [6.07, 6.45) is 2.20. The number of nitrogens with zero attached hydrogens (tertiary/aromatic N) is 1. The van der Waals surface area contributed by atoms with E-state index in [0.717, 1.165) is 34.8 Å². The molecule has 1 heterocycles. The largest absolute Gasteiger partial charge is 0.480 e. The topological polar surface area (TPSA) is 92.0 Å². The van der Waals surface area contributed by atoms with Crippen LogP contribution < -0.4 is 5.73 Å². The fraction of sp³-hybridized carbons (Fsp3) is 0.467. The number of fused-ring (bicyclic) bond motifs is 1. The normalized spacial score (nSPS) is 14.2. The standard InChI is InChI=1S/C15H21N3O2S/c1-10-5-6-11-12(9-10)18-14(17-11)21-8-4-3-7-15(2,16)13(19)20/h5-6,9H,3-4,7-8,16H2,1-2H3,(H,17,18)(H,19,20). The van der Waals surface area contributed by atoms with Gasteiger partial charge in [0, 0.05) is 5.75 Å². The quantitative estimate of drug-likeness (QED) is 0.540. The number of aryl methyl sites for hydroxylation is 1. The average Bonchev–Trinajstić information content (AvgIpc) is 2.79. The predicted octanol–water partition coefficient (Wildman–Crippen LogP) is 2.94. The highest BCUT2D eigenvalue weighted by atomic mass is 32.2. The summed E-state index contributed by atoms with van der Waals surface area (Å²) in [6.45, 7) is 3.61. The van der Waals surface area contributed by atoms with E-state index in [1.165, 1.54) is 5.56 Å². The van der Waals surface area contributed by atoms with Crippen LogP contribution in [-0.4, -0.2) is 32.3 Å². The zero-order valence-electron chi connectivity index (χ0n) is 12.3. The Hall–Kier alpha value is -1.53. The maximum absolute atomic E-state index is 10.9. The van der Waals surface area contributed by atoms with Crippen molar-refractivity contribution in [1.29, 1.82) is 0 Å². The first-order valence-corrected chi connectivity index (χ1v) is 7.98. The zero-order chi connectivity index (χ0) is 15.5. The van der Waals surface area contributed by atoms with Gasteiger partial charge in [-0.15, -0.1) is 0 Å². The Balaban J connectivity index is 1.79. The van der Waals surface area contributed by atoms with Gasteiger partial charge in [0.1, 0.15) is 5.54 Å². The third-order valence-corrected chi connectivity index (χ3v) is 4.39. The lowest BCUT2D eigenvalue weighted by molar-refractivity contribution is -0.142. The molecule has 1 aromatic heterocycles. The molecular formula is C15H21N3O2S. The van der Waals surface area contributed by atoms with E-state index >= 15 is 0 Å². The highest BCUT2D eigenvalue weighted by Gasteiger charge is 2.26. The molecule has 0 saturated heterocycles. The van der Waals surface area contributed by atoms with E-state index in [1.54, 1.807) is 18.7 Å². The monoisotopic (exact) mass is 307 g/mol. The van der Waals surface area contributed by atoms with Crippen LogP contribution >= 0.6 is 11.8 Å². The number of H-pyrrole nitrogens is 1. The van der Waals surface area contributed by atoms with Crippen molar-refractivity contribution in [2.75, 3.05) is 5.75 Å². The van der Waals surface area contributed by atoms with Crippen molar-refractivity contribution in [1.82, 2.24) is 9.97 Å². The van der Waals surface area contributed by atoms with Gasteiger partial charge in [0.05, 0.1) is 11.0 Å². The van der Waals surface area contributed by atoms with E-state index in [1.807, 2.05) is 12.1 Å². The van der Waals surface area contributed by atoms with E-state index in [-0.39, 0.29) is 0 Å². The Bertz CT molecular complexity index is 637. The van der Waals surface area contributed by atoms with E-state index in [9.17, 15) is 4.79 Å². The van der Waals surface area contributed by atoms with Gasteiger partial charge in [0.15, 0.2) is 5.16 Å². The second-order valence-electron chi connectivity index (χ2n) is 5.59. The molecule has 0 saturated carbocycles. The molecule has 4 N–H and O–H groups in total. The van der Waals surface area contributed by atoms with E-state index in [4.69, 9.17) is 10.8 Å². The Kier molecular flexibility index (Phi) is 4.90. The summed E-state index contributed by atoms with van der Waals surface area (Å²) in [7, 11) is 0. The number of thioether (sulfide) groups is 1. The predicted molar refractivity (Wildman–Crippen MR) is 85.6 cm³/mol. The number of aliphatic carboxylic acids is 1. The van der Waals surface area contributed by atoms with Crippen LogP contribution in [0.2, 0.25) is 0 Å². The van der Waals surface area contributed by atoms with E-state index in [0.29, 0.717) is 6.42 Å². The van der Waals surface area contributed by atoms with Crippen molar-refractivity contribution in [2.45, 2.75) is 43.8 Å². The molecule has 1 unspecified atom stereocenters. The van der Waals surface area contributed by atoms with Crippen molar-refractivity contribution in [2.24, 2.45) is 5.73 Å². The number of hydrogen-bond donors (Lipinski definition) is 3. The number of imidazole rings is 1. The summed E-state index contributed by atoms with van der Waals surface area (Å²) in [6, 6.07) is 6.14. The number of nitrogens with two attached hydrogens (primary N) is 1. The Morgan fingerprint density at radius 1 is 1.48 bits per heavy atom.